The zero-order chi connectivity index (χ0) is 21.6. The molecule has 1 unspecified atom stereocenters. The summed E-state index contributed by atoms with van der Waals surface area (Å²) >= 11 is 0. The number of piperidine rings is 3. The van der Waals surface area contributed by atoms with Gasteiger partial charge in [-0.15, -0.1) is 0 Å². The first-order chi connectivity index (χ1) is 14.1. The van der Waals surface area contributed by atoms with Crippen LogP contribution in [0.1, 0.15) is 39.2 Å². The van der Waals surface area contributed by atoms with E-state index in [9.17, 15) is 12.8 Å². The molecular weight excluding hydrogens is 401 g/mol. The molecule has 1 atom stereocenters. The van der Waals surface area contributed by atoms with E-state index in [1.165, 1.54) is 12.1 Å². The first-order valence-corrected chi connectivity index (χ1v) is 12.0. The summed E-state index contributed by atoms with van der Waals surface area (Å²) < 4.78 is 45.0. The van der Waals surface area contributed by atoms with E-state index in [4.69, 9.17) is 0 Å². The van der Waals surface area contributed by atoms with E-state index in [0.29, 0.717) is 5.92 Å². The topological polar surface area (TPSA) is 61.4 Å². The van der Waals surface area contributed by atoms with Crippen LogP contribution in [0, 0.1) is 11.7 Å². The third-order valence-electron chi connectivity index (χ3n) is 6.58. The molecule has 2 bridgehead atoms. The predicted molar refractivity (Wildman–Crippen MR) is 118 cm³/mol. The maximum absolute atomic E-state index is 13.2. The molecule has 0 radical (unpaired) electrons. The van der Waals surface area contributed by atoms with Crippen LogP contribution in [0.2, 0.25) is 0 Å². The van der Waals surface area contributed by atoms with Gasteiger partial charge >= 0.3 is 0 Å². The molecule has 30 heavy (non-hydrogen) atoms. The zero-order valence-electron chi connectivity index (χ0n) is 17.8. The van der Waals surface area contributed by atoms with Gasteiger partial charge < -0.3 is 4.90 Å². The van der Waals surface area contributed by atoms with Crippen molar-refractivity contribution in [2.75, 3.05) is 19.6 Å². The highest BCUT2D eigenvalue weighted by molar-refractivity contribution is 7.87. The van der Waals surface area contributed by atoms with Gasteiger partial charge in [0.05, 0.1) is 5.54 Å². The molecule has 7 heteroatoms. The van der Waals surface area contributed by atoms with Crippen LogP contribution in [-0.4, -0.2) is 38.5 Å². The molecule has 0 amide bonds. The van der Waals surface area contributed by atoms with Crippen molar-refractivity contribution in [2.45, 2.75) is 44.7 Å². The first kappa shape index (κ1) is 21.4. The molecule has 2 N–H and O–H groups in total. The van der Waals surface area contributed by atoms with E-state index < -0.39 is 21.3 Å². The lowest BCUT2D eigenvalue weighted by Crippen LogP contribution is -2.67. The fourth-order valence-corrected chi connectivity index (χ4v) is 6.57. The summed E-state index contributed by atoms with van der Waals surface area (Å²) in [5, 5.41) is 0. The molecule has 0 aliphatic carbocycles. The van der Waals surface area contributed by atoms with Gasteiger partial charge in [0.2, 0.25) is 0 Å². The second kappa shape index (κ2) is 7.71. The Morgan fingerprint density at radius 1 is 1.00 bits per heavy atom. The monoisotopic (exact) mass is 431 g/mol. The van der Waals surface area contributed by atoms with Crippen LogP contribution in [0.15, 0.2) is 48.5 Å². The minimum absolute atomic E-state index is 0.268. The Morgan fingerprint density at radius 2 is 1.53 bits per heavy atom. The second-order valence-electron chi connectivity index (χ2n) is 9.38. The molecule has 2 aromatic rings. The van der Waals surface area contributed by atoms with Crippen LogP contribution in [0.5, 0.6) is 0 Å². The highest BCUT2D eigenvalue weighted by Gasteiger charge is 2.46. The van der Waals surface area contributed by atoms with Gasteiger partial charge in [-0.05, 0) is 81.4 Å². The Bertz CT molecular complexity index is 998. The van der Waals surface area contributed by atoms with Gasteiger partial charge in [0, 0.05) is 12.1 Å². The molecule has 3 aliphatic heterocycles. The minimum atomic E-state index is -3.70. The van der Waals surface area contributed by atoms with Crippen LogP contribution >= 0.6 is 0 Å². The maximum Gasteiger partial charge on any atom is 0.278 e. The van der Waals surface area contributed by atoms with Crippen molar-refractivity contribution >= 4 is 10.2 Å². The zero-order valence-corrected chi connectivity index (χ0v) is 18.6. The summed E-state index contributed by atoms with van der Waals surface area (Å²) in [5.74, 6) is 0.104. The summed E-state index contributed by atoms with van der Waals surface area (Å²) in [6.45, 7) is 8.61. The van der Waals surface area contributed by atoms with Crippen LogP contribution in [0.3, 0.4) is 0 Å². The van der Waals surface area contributed by atoms with Gasteiger partial charge in [0.15, 0.2) is 0 Å². The molecule has 3 heterocycles. The average Bonchev–Trinajstić information content (AvgIpc) is 2.67. The van der Waals surface area contributed by atoms with Crippen molar-refractivity contribution in [3.05, 3.63) is 59.9 Å². The number of fused-ring (bicyclic) bond motifs is 3. The van der Waals surface area contributed by atoms with Crippen molar-refractivity contribution in [3.8, 4) is 11.1 Å². The van der Waals surface area contributed by atoms with Crippen LogP contribution in [0.25, 0.3) is 11.1 Å². The van der Waals surface area contributed by atoms with Crippen LogP contribution in [0.4, 0.5) is 4.39 Å². The second-order valence-corrected chi connectivity index (χ2v) is 10.8. The smallest absolute Gasteiger partial charge is 0.278 e. The van der Waals surface area contributed by atoms with E-state index in [2.05, 4.69) is 14.3 Å². The van der Waals surface area contributed by atoms with Gasteiger partial charge in [0.25, 0.3) is 10.2 Å². The van der Waals surface area contributed by atoms with Crippen molar-refractivity contribution in [1.29, 1.82) is 0 Å². The molecule has 3 aliphatic rings. The molecule has 0 aromatic heterocycles. The van der Waals surface area contributed by atoms with E-state index in [1.807, 2.05) is 45.0 Å². The van der Waals surface area contributed by atoms with Gasteiger partial charge in [-0.1, -0.05) is 36.4 Å². The lowest BCUT2D eigenvalue weighted by atomic mass is 9.75. The van der Waals surface area contributed by atoms with Gasteiger partial charge in [0.1, 0.15) is 5.82 Å². The molecule has 0 saturated carbocycles. The minimum Gasteiger partial charge on any atom is -0.301 e. The fourth-order valence-electron chi connectivity index (χ4n) is 4.89. The number of rotatable bonds is 6. The van der Waals surface area contributed by atoms with Gasteiger partial charge in [-0.3, -0.25) is 0 Å². The molecule has 5 nitrogen and oxygen atoms in total. The largest absolute Gasteiger partial charge is 0.301 e. The van der Waals surface area contributed by atoms with Crippen molar-refractivity contribution in [2.24, 2.45) is 5.92 Å². The number of benzene rings is 2. The van der Waals surface area contributed by atoms with Crippen LogP contribution in [-0.2, 0) is 15.7 Å². The highest BCUT2D eigenvalue weighted by Crippen LogP contribution is 2.36. The third kappa shape index (κ3) is 4.44. The van der Waals surface area contributed by atoms with E-state index >= 15 is 0 Å². The van der Waals surface area contributed by atoms with Crippen molar-refractivity contribution in [1.82, 2.24) is 14.3 Å². The summed E-state index contributed by atoms with van der Waals surface area (Å²) in [7, 11) is -3.70. The predicted octanol–water partition coefficient (Wildman–Crippen LogP) is 3.64. The van der Waals surface area contributed by atoms with Crippen molar-refractivity contribution in [3.63, 3.8) is 0 Å². The highest BCUT2D eigenvalue weighted by atomic mass is 32.2. The summed E-state index contributed by atoms with van der Waals surface area (Å²) in [6, 6.07) is 14.0. The number of hydrogen-bond donors (Lipinski definition) is 2. The quantitative estimate of drug-likeness (QED) is 0.734. The molecule has 2 aromatic carbocycles. The third-order valence-corrected chi connectivity index (χ3v) is 8.10. The number of halogens is 1. The standard InChI is InChI=1S/C23H30FN3O2S/c1-22(2,19-8-4-17(5-9-19)18-6-10-21(24)11-7-18)25-30(28,29)26-23(3)16-27-14-12-20(23)13-15-27/h4-11,20,25-26H,12-16H2,1-3H3. The normalized spacial score (nSPS) is 26.7. The molecule has 0 spiro atoms. The van der Waals surface area contributed by atoms with E-state index in [0.717, 1.165) is 49.2 Å². The summed E-state index contributed by atoms with van der Waals surface area (Å²) in [6.07, 6.45) is 2.07. The number of nitrogens with one attached hydrogen (secondary N) is 2. The molecule has 5 rings (SSSR count). The first-order valence-electron chi connectivity index (χ1n) is 10.5. The molecule has 3 fully saturated rings. The molecular formula is C23H30FN3O2S. The average molecular weight is 432 g/mol. The Kier molecular flexibility index (Phi) is 5.51. The maximum atomic E-state index is 13.2. The van der Waals surface area contributed by atoms with Crippen molar-refractivity contribution < 1.29 is 12.8 Å². The number of nitrogens with zero attached hydrogens (tertiary/aromatic N) is 1. The van der Waals surface area contributed by atoms with Gasteiger partial charge in [-0.2, -0.15) is 17.9 Å². The van der Waals surface area contributed by atoms with Crippen LogP contribution < -0.4 is 9.44 Å². The van der Waals surface area contributed by atoms with Gasteiger partial charge in [-0.25, -0.2) is 4.39 Å². The Balaban J connectivity index is 1.48. The van der Waals surface area contributed by atoms with E-state index in [1.54, 1.807) is 12.1 Å². The Labute approximate surface area is 178 Å². The molecule has 3 saturated heterocycles. The summed E-state index contributed by atoms with van der Waals surface area (Å²) in [4.78, 5) is 2.34. The SMILES string of the molecule is CC(C)(NS(=O)(=O)NC1(C)CN2CCC1CC2)c1ccc(-c2ccc(F)cc2)cc1. The lowest BCUT2D eigenvalue weighted by Gasteiger charge is -2.51. The molecule has 162 valence electrons. The fraction of sp³-hybridized carbons (Fsp3) is 0.478. The van der Waals surface area contributed by atoms with E-state index in [-0.39, 0.29) is 5.82 Å². The summed E-state index contributed by atoms with van der Waals surface area (Å²) in [5.41, 5.74) is 1.51. The number of hydrogen-bond acceptors (Lipinski definition) is 3. The Hall–Kier alpha value is -1.80. The Morgan fingerprint density at radius 3 is 2.03 bits per heavy atom. The lowest BCUT2D eigenvalue weighted by molar-refractivity contribution is 0.0292.